The second-order valence-corrected chi connectivity index (χ2v) is 4.79. The quantitative estimate of drug-likeness (QED) is 0.869. The van der Waals surface area contributed by atoms with Crippen LogP contribution in [-0.2, 0) is 9.47 Å². The van der Waals surface area contributed by atoms with E-state index in [0.29, 0.717) is 12.6 Å². The monoisotopic (exact) mass is 250 g/mol. The van der Waals surface area contributed by atoms with E-state index in [4.69, 9.17) is 15.2 Å². The lowest BCUT2D eigenvalue weighted by Crippen LogP contribution is -2.30. The number of hydrogen-bond acceptors (Lipinski definition) is 4. The summed E-state index contributed by atoms with van der Waals surface area (Å²) in [6.07, 6.45) is 8.48. The van der Waals surface area contributed by atoms with E-state index >= 15 is 0 Å². The Morgan fingerprint density at radius 3 is 2.72 bits per heavy atom. The summed E-state index contributed by atoms with van der Waals surface area (Å²) >= 11 is 0. The molecule has 0 spiro atoms. The third-order valence-corrected chi connectivity index (χ3v) is 3.56. The van der Waals surface area contributed by atoms with Gasteiger partial charge in [-0.3, -0.25) is 4.98 Å². The maximum Gasteiger partial charge on any atom is 0.0951 e. The topological polar surface area (TPSA) is 57.4 Å². The number of nitrogens with two attached hydrogens (primary N) is 1. The fourth-order valence-corrected chi connectivity index (χ4v) is 2.52. The lowest BCUT2D eigenvalue weighted by Gasteiger charge is -2.31. The maximum atomic E-state index is 6.13. The molecule has 0 radical (unpaired) electrons. The van der Waals surface area contributed by atoms with Gasteiger partial charge in [0.1, 0.15) is 0 Å². The first-order valence-electron chi connectivity index (χ1n) is 6.61. The molecule has 18 heavy (non-hydrogen) atoms. The molecule has 0 amide bonds. The van der Waals surface area contributed by atoms with Gasteiger partial charge in [0, 0.05) is 26.0 Å². The zero-order valence-corrected chi connectivity index (χ0v) is 10.9. The van der Waals surface area contributed by atoms with E-state index in [0.717, 1.165) is 31.2 Å². The fraction of sp³-hybridized carbons (Fsp3) is 0.643. The molecule has 1 fully saturated rings. The molecule has 0 aromatic carbocycles. The highest BCUT2D eigenvalue weighted by Crippen LogP contribution is 2.27. The van der Waals surface area contributed by atoms with Crippen LogP contribution < -0.4 is 5.73 Å². The molecule has 4 nitrogen and oxygen atoms in total. The number of methoxy groups -OCH3 is 1. The Bertz CT molecular complexity index is 345. The van der Waals surface area contributed by atoms with Crippen LogP contribution in [0, 0.1) is 0 Å². The highest BCUT2D eigenvalue weighted by Gasteiger charge is 2.25. The Morgan fingerprint density at radius 1 is 1.33 bits per heavy atom. The molecule has 3 atom stereocenters. The Morgan fingerprint density at radius 2 is 2.06 bits per heavy atom. The van der Waals surface area contributed by atoms with Crippen LogP contribution in [0.15, 0.2) is 24.5 Å². The van der Waals surface area contributed by atoms with Gasteiger partial charge >= 0.3 is 0 Å². The molecule has 100 valence electrons. The first-order valence-corrected chi connectivity index (χ1v) is 6.61. The second kappa shape index (κ2) is 6.83. The van der Waals surface area contributed by atoms with E-state index < -0.39 is 0 Å². The molecule has 2 N–H and O–H groups in total. The molecule has 1 aliphatic rings. The number of ether oxygens (including phenoxy) is 2. The van der Waals surface area contributed by atoms with Gasteiger partial charge < -0.3 is 15.2 Å². The van der Waals surface area contributed by atoms with Crippen LogP contribution in [0.5, 0.6) is 0 Å². The van der Waals surface area contributed by atoms with Crippen molar-refractivity contribution < 1.29 is 9.47 Å². The summed E-state index contributed by atoms with van der Waals surface area (Å²) in [4.78, 5) is 4.02. The molecular formula is C14H22N2O2. The predicted molar refractivity (Wildman–Crippen MR) is 70.2 cm³/mol. The first kappa shape index (κ1) is 13.5. The largest absolute Gasteiger partial charge is 0.381 e. The number of hydrogen-bond donors (Lipinski definition) is 1. The summed E-state index contributed by atoms with van der Waals surface area (Å²) in [7, 11) is 1.77. The van der Waals surface area contributed by atoms with Gasteiger partial charge in [0.25, 0.3) is 0 Å². The Kier molecular flexibility index (Phi) is 5.11. The van der Waals surface area contributed by atoms with Crippen molar-refractivity contribution in [2.24, 2.45) is 5.73 Å². The number of nitrogens with zero attached hydrogens (tertiary/aromatic N) is 1. The molecule has 0 aliphatic heterocycles. The normalized spacial score (nSPS) is 25.9. The average molecular weight is 250 g/mol. The lowest BCUT2D eigenvalue weighted by atomic mass is 9.94. The van der Waals surface area contributed by atoms with Crippen LogP contribution >= 0.6 is 0 Å². The van der Waals surface area contributed by atoms with Gasteiger partial charge in [0.2, 0.25) is 0 Å². The van der Waals surface area contributed by atoms with Crippen molar-refractivity contribution in [3.05, 3.63) is 30.1 Å². The van der Waals surface area contributed by atoms with E-state index in [1.54, 1.807) is 19.5 Å². The Hall–Kier alpha value is -0.970. The van der Waals surface area contributed by atoms with Crippen molar-refractivity contribution in [2.75, 3.05) is 13.7 Å². The first-order chi connectivity index (χ1) is 8.83. The summed E-state index contributed by atoms with van der Waals surface area (Å²) in [6, 6.07) is 3.93. The van der Waals surface area contributed by atoms with Crippen molar-refractivity contribution >= 4 is 0 Å². The minimum Gasteiger partial charge on any atom is -0.381 e. The van der Waals surface area contributed by atoms with E-state index in [1.807, 2.05) is 12.1 Å². The molecule has 1 saturated carbocycles. The highest BCUT2D eigenvalue weighted by atomic mass is 16.5. The molecule has 1 aromatic heterocycles. The van der Waals surface area contributed by atoms with Crippen LogP contribution in [0.4, 0.5) is 0 Å². The minimum atomic E-state index is -0.0337. The van der Waals surface area contributed by atoms with Gasteiger partial charge in [0.15, 0.2) is 0 Å². The van der Waals surface area contributed by atoms with E-state index in [1.165, 1.54) is 0 Å². The zero-order valence-electron chi connectivity index (χ0n) is 10.9. The van der Waals surface area contributed by atoms with Crippen LogP contribution in [0.2, 0.25) is 0 Å². The van der Waals surface area contributed by atoms with Crippen LogP contribution in [0.25, 0.3) is 0 Å². The maximum absolute atomic E-state index is 6.13. The van der Waals surface area contributed by atoms with E-state index in [9.17, 15) is 0 Å². The summed E-state index contributed by atoms with van der Waals surface area (Å²) in [5.74, 6) is 0. The second-order valence-electron chi connectivity index (χ2n) is 4.79. The third-order valence-electron chi connectivity index (χ3n) is 3.56. The number of rotatable bonds is 5. The molecule has 2 rings (SSSR count). The zero-order chi connectivity index (χ0) is 12.8. The van der Waals surface area contributed by atoms with Crippen LogP contribution in [0.1, 0.15) is 37.4 Å². The summed E-state index contributed by atoms with van der Waals surface area (Å²) in [6.45, 7) is 0.498. The molecule has 3 unspecified atom stereocenters. The molecule has 0 bridgehead atoms. The van der Waals surface area contributed by atoms with Crippen molar-refractivity contribution in [1.29, 1.82) is 0 Å². The smallest absolute Gasteiger partial charge is 0.0951 e. The summed E-state index contributed by atoms with van der Waals surface area (Å²) in [5, 5.41) is 0. The number of aromatic nitrogens is 1. The van der Waals surface area contributed by atoms with Crippen molar-refractivity contribution in [3.8, 4) is 0 Å². The molecule has 1 heterocycles. The molecule has 4 heteroatoms. The Balaban J connectivity index is 1.94. The fourth-order valence-electron chi connectivity index (χ4n) is 2.52. The molecule has 1 aromatic rings. The minimum absolute atomic E-state index is 0.0337. The third kappa shape index (κ3) is 3.51. The van der Waals surface area contributed by atoms with Gasteiger partial charge in [-0.15, -0.1) is 0 Å². The van der Waals surface area contributed by atoms with Gasteiger partial charge in [-0.2, -0.15) is 0 Å². The summed E-state index contributed by atoms with van der Waals surface area (Å²) in [5.41, 5.74) is 6.92. The predicted octanol–water partition coefficient (Wildman–Crippen LogP) is 2.06. The lowest BCUT2D eigenvalue weighted by molar-refractivity contribution is -0.0633. The van der Waals surface area contributed by atoms with Gasteiger partial charge in [-0.05, 0) is 43.4 Å². The van der Waals surface area contributed by atoms with Crippen molar-refractivity contribution in [2.45, 2.75) is 44.0 Å². The van der Waals surface area contributed by atoms with Gasteiger partial charge in [-0.1, -0.05) is 0 Å². The van der Waals surface area contributed by atoms with E-state index in [2.05, 4.69) is 4.98 Å². The van der Waals surface area contributed by atoms with Crippen LogP contribution in [-0.4, -0.2) is 30.8 Å². The van der Waals surface area contributed by atoms with Gasteiger partial charge in [-0.25, -0.2) is 0 Å². The SMILES string of the molecule is COC1CCCC(OC(CN)c2ccncc2)C1. The standard InChI is InChI=1S/C14H22N2O2/c1-17-12-3-2-4-13(9-12)18-14(10-15)11-5-7-16-8-6-11/h5-8,12-14H,2-4,9-10,15H2,1H3. The molecular weight excluding hydrogens is 228 g/mol. The van der Waals surface area contributed by atoms with Crippen molar-refractivity contribution in [1.82, 2.24) is 4.98 Å². The van der Waals surface area contributed by atoms with Crippen molar-refractivity contribution in [3.63, 3.8) is 0 Å². The molecule has 0 saturated heterocycles. The van der Waals surface area contributed by atoms with Crippen LogP contribution in [0.3, 0.4) is 0 Å². The molecule has 1 aliphatic carbocycles. The Labute approximate surface area is 108 Å². The van der Waals surface area contributed by atoms with Gasteiger partial charge in [0.05, 0.1) is 18.3 Å². The highest BCUT2D eigenvalue weighted by molar-refractivity contribution is 5.13. The number of pyridine rings is 1. The average Bonchev–Trinajstić information content (AvgIpc) is 2.46. The summed E-state index contributed by atoms with van der Waals surface area (Å²) < 4.78 is 11.5. The van der Waals surface area contributed by atoms with E-state index in [-0.39, 0.29) is 12.2 Å².